The fraction of sp³-hybridized carbons (Fsp3) is 0.526. The molecule has 0 aliphatic carbocycles. The van der Waals surface area contributed by atoms with E-state index in [1.54, 1.807) is 7.11 Å². The Bertz CT molecular complexity index is 689. The molecule has 2 aliphatic rings. The molecule has 1 unspecified atom stereocenters. The van der Waals surface area contributed by atoms with Gasteiger partial charge in [0.2, 0.25) is 5.91 Å². The number of carbonyl (C=O) groups is 1. The Morgan fingerprint density at radius 2 is 2.32 bits per heavy atom. The maximum Gasteiger partial charge on any atom is 0.222 e. The van der Waals surface area contributed by atoms with E-state index in [1.807, 2.05) is 29.2 Å². The van der Waals surface area contributed by atoms with Crippen molar-refractivity contribution in [3.8, 4) is 18.1 Å². The van der Waals surface area contributed by atoms with Gasteiger partial charge in [-0.05, 0) is 17.7 Å². The summed E-state index contributed by atoms with van der Waals surface area (Å²) >= 11 is 0. The van der Waals surface area contributed by atoms with Crippen molar-refractivity contribution >= 4 is 5.91 Å². The molecule has 25 heavy (non-hydrogen) atoms. The molecule has 0 bridgehead atoms. The molecule has 6 nitrogen and oxygen atoms in total. The van der Waals surface area contributed by atoms with Crippen LogP contribution in [-0.4, -0.2) is 43.3 Å². The van der Waals surface area contributed by atoms with Crippen molar-refractivity contribution < 1.29 is 14.3 Å². The molecular weight excluding hydrogens is 318 g/mol. The second kappa shape index (κ2) is 7.66. The highest BCUT2D eigenvalue weighted by Gasteiger charge is 2.40. The Labute approximate surface area is 148 Å². The maximum absolute atomic E-state index is 12.6. The Morgan fingerprint density at radius 3 is 3.04 bits per heavy atom. The van der Waals surface area contributed by atoms with Crippen LogP contribution in [0.1, 0.15) is 37.4 Å². The average molecular weight is 341 g/mol. The molecule has 2 aliphatic heterocycles. The number of amides is 1. The summed E-state index contributed by atoms with van der Waals surface area (Å²) in [6.07, 6.45) is 7.60. The highest BCUT2D eigenvalue weighted by molar-refractivity contribution is 5.76. The molecule has 2 heterocycles. The summed E-state index contributed by atoms with van der Waals surface area (Å²) < 4.78 is 11.1. The van der Waals surface area contributed by atoms with E-state index in [-0.39, 0.29) is 12.0 Å². The number of hydrogen-bond donors (Lipinski definition) is 0. The van der Waals surface area contributed by atoms with Gasteiger partial charge >= 0.3 is 0 Å². The molecule has 1 aromatic rings. The van der Waals surface area contributed by atoms with Gasteiger partial charge in [0.05, 0.1) is 20.3 Å². The van der Waals surface area contributed by atoms with Crippen LogP contribution >= 0.6 is 0 Å². The summed E-state index contributed by atoms with van der Waals surface area (Å²) in [5, 5.41) is 8.18. The van der Waals surface area contributed by atoms with Crippen molar-refractivity contribution in [1.82, 2.24) is 4.90 Å². The number of nitrogens with zero attached hydrogens (tertiary/aromatic N) is 3. The quantitative estimate of drug-likeness (QED) is 0.716. The zero-order valence-corrected chi connectivity index (χ0v) is 14.5. The van der Waals surface area contributed by atoms with Crippen molar-refractivity contribution in [2.24, 2.45) is 10.2 Å². The molecule has 1 amide bonds. The molecule has 1 saturated heterocycles. The summed E-state index contributed by atoms with van der Waals surface area (Å²) in [6.45, 7) is 1.70. The van der Waals surface area contributed by atoms with Gasteiger partial charge in [0, 0.05) is 32.2 Å². The molecule has 0 aromatic heterocycles. The van der Waals surface area contributed by atoms with Crippen LogP contribution in [-0.2, 0) is 9.53 Å². The van der Waals surface area contributed by atoms with Gasteiger partial charge in [-0.15, -0.1) is 12.3 Å². The Balaban J connectivity index is 1.54. The molecule has 6 heteroatoms. The first kappa shape index (κ1) is 17.4. The molecule has 1 aromatic carbocycles. The molecule has 0 saturated carbocycles. The summed E-state index contributed by atoms with van der Waals surface area (Å²) in [6, 6.07) is 7.78. The third-order valence-corrected chi connectivity index (χ3v) is 4.68. The Morgan fingerprint density at radius 1 is 1.48 bits per heavy atom. The van der Waals surface area contributed by atoms with Crippen LogP contribution in [0.2, 0.25) is 0 Å². The lowest BCUT2D eigenvalue weighted by Gasteiger charge is -2.33. The number of benzene rings is 1. The Kier molecular flexibility index (Phi) is 5.34. The topological polar surface area (TPSA) is 63.5 Å². The van der Waals surface area contributed by atoms with E-state index in [4.69, 9.17) is 15.9 Å². The summed E-state index contributed by atoms with van der Waals surface area (Å²) in [5.74, 6) is 3.51. The molecule has 0 radical (unpaired) electrons. The van der Waals surface area contributed by atoms with Crippen LogP contribution in [0.25, 0.3) is 0 Å². The summed E-state index contributed by atoms with van der Waals surface area (Å²) in [4.78, 5) is 14.4. The molecule has 132 valence electrons. The lowest BCUT2D eigenvalue weighted by molar-refractivity contribution is -0.139. The highest BCUT2D eigenvalue weighted by atomic mass is 16.5. The van der Waals surface area contributed by atoms with Gasteiger partial charge in [0.1, 0.15) is 11.9 Å². The molecule has 0 N–H and O–H groups in total. The highest BCUT2D eigenvalue weighted by Crippen LogP contribution is 2.38. The minimum atomic E-state index is -0.402. The average Bonchev–Trinajstić information content (AvgIpc) is 3.45. The number of rotatable bonds is 7. The van der Waals surface area contributed by atoms with Gasteiger partial charge < -0.3 is 14.4 Å². The van der Waals surface area contributed by atoms with E-state index in [0.29, 0.717) is 39.0 Å². The number of terminal acetylenes is 1. The molecular formula is C19H23N3O3. The van der Waals surface area contributed by atoms with Crippen LogP contribution < -0.4 is 4.74 Å². The molecule has 1 atom stereocenters. The van der Waals surface area contributed by atoms with E-state index in [2.05, 4.69) is 16.1 Å². The van der Waals surface area contributed by atoms with E-state index in [0.717, 1.165) is 17.7 Å². The second-order valence-electron chi connectivity index (χ2n) is 6.36. The number of ether oxygens (including phenoxy) is 2. The predicted octanol–water partition coefficient (Wildman–Crippen LogP) is 2.95. The third kappa shape index (κ3) is 4.37. The van der Waals surface area contributed by atoms with Crippen LogP contribution in [0.3, 0.4) is 0 Å². The number of carbonyl (C=O) groups excluding carboxylic acids is 1. The monoisotopic (exact) mass is 341 g/mol. The first-order chi connectivity index (χ1) is 12.2. The summed E-state index contributed by atoms with van der Waals surface area (Å²) in [5.41, 5.74) is 0.620. The first-order valence-electron chi connectivity index (χ1n) is 8.57. The minimum Gasteiger partial charge on any atom is -0.497 e. The smallest absolute Gasteiger partial charge is 0.222 e. The van der Waals surface area contributed by atoms with Crippen molar-refractivity contribution in [2.75, 3.05) is 26.8 Å². The molecule has 3 rings (SSSR count). The molecule has 0 spiro atoms. The van der Waals surface area contributed by atoms with E-state index >= 15 is 0 Å². The number of hydrogen-bond acceptors (Lipinski definition) is 5. The zero-order valence-electron chi connectivity index (χ0n) is 14.5. The standard InChI is InChI=1S/C19H23N3O3/c1-3-4-9-19(20-21-19)10-8-18(23)22-11-12-25-17(14-22)15-6-5-7-16(13-15)24-2/h1,5-7,13,17H,4,8-12,14H2,2H3. The molecule has 1 fully saturated rings. The van der Waals surface area contributed by atoms with Crippen molar-refractivity contribution in [3.05, 3.63) is 29.8 Å². The van der Waals surface area contributed by atoms with Crippen LogP contribution in [0.4, 0.5) is 0 Å². The third-order valence-electron chi connectivity index (χ3n) is 4.68. The predicted molar refractivity (Wildman–Crippen MR) is 93.2 cm³/mol. The SMILES string of the molecule is C#CCCC1(CCC(=O)N2CCOC(c3cccc(OC)c3)C2)N=N1. The zero-order chi connectivity index (χ0) is 17.7. The van der Waals surface area contributed by atoms with Crippen LogP contribution in [0.5, 0.6) is 5.75 Å². The van der Waals surface area contributed by atoms with Crippen molar-refractivity contribution in [1.29, 1.82) is 0 Å². The van der Waals surface area contributed by atoms with Gasteiger partial charge in [-0.1, -0.05) is 12.1 Å². The minimum absolute atomic E-state index is 0.119. The van der Waals surface area contributed by atoms with Gasteiger partial charge in [0.15, 0.2) is 5.66 Å². The fourth-order valence-electron chi connectivity index (χ4n) is 3.05. The first-order valence-corrected chi connectivity index (χ1v) is 8.57. The lowest BCUT2D eigenvalue weighted by atomic mass is 10.0. The van der Waals surface area contributed by atoms with Crippen LogP contribution in [0.15, 0.2) is 34.5 Å². The van der Waals surface area contributed by atoms with Gasteiger partial charge in [-0.25, -0.2) is 0 Å². The van der Waals surface area contributed by atoms with Gasteiger partial charge in [-0.3, -0.25) is 4.79 Å². The Hall–Kier alpha value is -2.39. The lowest BCUT2D eigenvalue weighted by Crippen LogP contribution is -2.42. The summed E-state index contributed by atoms with van der Waals surface area (Å²) in [7, 11) is 1.64. The number of morpholine rings is 1. The van der Waals surface area contributed by atoms with Crippen molar-refractivity contribution in [3.63, 3.8) is 0 Å². The van der Waals surface area contributed by atoms with Gasteiger partial charge in [0.25, 0.3) is 0 Å². The van der Waals surface area contributed by atoms with E-state index < -0.39 is 5.66 Å². The normalized spacial score (nSPS) is 20.8. The maximum atomic E-state index is 12.6. The van der Waals surface area contributed by atoms with Gasteiger partial charge in [-0.2, -0.15) is 10.2 Å². The largest absolute Gasteiger partial charge is 0.497 e. The van der Waals surface area contributed by atoms with E-state index in [1.165, 1.54) is 0 Å². The second-order valence-corrected chi connectivity index (χ2v) is 6.36. The number of methoxy groups -OCH3 is 1. The van der Waals surface area contributed by atoms with Crippen LogP contribution in [0, 0.1) is 12.3 Å². The fourth-order valence-corrected chi connectivity index (χ4v) is 3.05. The van der Waals surface area contributed by atoms with E-state index in [9.17, 15) is 4.79 Å². The van der Waals surface area contributed by atoms with Crippen molar-refractivity contribution in [2.45, 2.75) is 37.5 Å².